The van der Waals surface area contributed by atoms with Crippen LogP contribution in [0.5, 0.6) is 0 Å². The lowest BCUT2D eigenvalue weighted by atomic mass is 9.92. The van der Waals surface area contributed by atoms with Crippen molar-refractivity contribution in [1.29, 1.82) is 0 Å². The topological polar surface area (TPSA) is 0 Å². The van der Waals surface area contributed by atoms with Crippen LogP contribution in [0.25, 0.3) is 0 Å². The molecule has 0 bridgehead atoms. The molecular formula is C12H16S. The molecule has 0 spiro atoms. The monoisotopic (exact) mass is 192 g/mol. The molecule has 0 saturated heterocycles. The lowest BCUT2D eigenvalue weighted by Crippen LogP contribution is -2.09. The zero-order chi connectivity index (χ0) is 9.26. The third-order valence-electron chi connectivity index (χ3n) is 2.78. The zero-order valence-electron chi connectivity index (χ0n) is 8.34. The van der Waals surface area contributed by atoms with Crippen LogP contribution in [0.1, 0.15) is 26.7 Å². The van der Waals surface area contributed by atoms with Crippen molar-refractivity contribution in [3.05, 3.63) is 34.9 Å². The number of allylic oxidation sites excluding steroid dienone is 3. The van der Waals surface area contributed by atoms with Gasteiger partial charge in [-0.2, -0.15) is 0 Å². The minimum Gasteiger partial charge on any atom is -0.145 e. The molecule has 1 unspecified atom stereocenters. The summed E-state index contributed by atoms with van der Waals surface area (Å²) in [6.45, 7) is 4.55. The van der Waals surface area contributed by atoms with E-state index in [0.29, 0.717) is 5.25 Å². The van der Waals surface area contributed by atoms with Gasteiger partial charge >= 0.3 is 0 Å². The van der Waals surface area contributed by atoms with E-state index in [0.717, 1.165) is 0 Å². The van der Waals surface area contributed by atoms with Crippen LogP contribution >= 0.6 is 11.8 Å². The SMILES string of the molecule is CCCC1=C(C)C2SCC=C2C=C1. The molecule has 1 atom stereocenters. The summed E-state index contributed by atoms with van der Waals surface area (Å²) in [7, 11) is 0. The summed E-state index contributed by atoms with van der Waals surface area (Å²) >= 11 is 2.06. The van der Waals surface area contributed by atoms with Crippen molar-refractivity contribution >= 4 is 11.8 Å². The maximum absolute atomic E-state index is 2.36. The summed E-state index contributed by atoms with van der Waals surface area (Å²) in [6, 6.07) is 0. The first-order valence-electron chi connectivity index (χ1n) is 5.02. The molecule has 1 aliphatic heterocycles. The molecule has 0 aromatic heterocycles. The molecule has 0 aromatic rings. The first kappa shape index (κ1) is 9.14. The van der Waals surface area contributed by atoms with Gasteiger partial charge in [0.25, 0.3) is 0 Å². The molecule has 1 heteroatoms. The first-order valence-corrected chi connectivity index (χ1v) is 6.07. The molecule has 13 heavy (non-hydrogen) atoms. The maximum Gasteiger partial charge on any atom is 0.0509 e. The van der Waals surface area contributed by atoms with Gasteiger partial charge in [0.1, 0.15) is 0 Å². The highest BCUT2D eigenvalue weighted by molar-refractivity contribution is 8.00. The third-order valence-corrected chi connectivity index (χ3v) is 4.10. The minimum atomic E-state index is 0.687. The fraction of sp³-hybridized carbons (Fsp3) is 0.500. The fourth-order valence-electron chi connectivity index (χ4n) is 2.02. The van der Waals surface area contributed by atoms with Gasteiger partial charge in [0.15, 0.2) is 0 Å². The van der Waals surface area contributed by atoms with Crippen molar-refractivity contribution in [2.24, 2.45) is 0 Å². The fourth-order valence-corrected chi connectivity index (χ4v) is 3.27. The number of thioether (sulfide) groups is 1. The Balaban J connectivity index is 2.25. The number of rotatable bonds is 2. The van der Waals surface area contributed by atoms with Crippen LogP contribution in [0, 0.1) is 0 Å². The Labute approximate surface area is 84.8 Å². The van der Waals surface area contributed by atoms with E-state index < -0.39 is 0 Å². The van der Waals surface area contributed by atoms with Crippen LogP contribution in [-0.2, 0) is 0 Å². The van der Waals surface area contributed by atoms with Gasteiger partial charge in [0, 0.05) is 5.75 Å². The molecule has 1 aliphatic carbocycles. The molecular weight excluding hydrogens is 176 g/mol. The zero-order valence-corrected chi connectivity index (χ0v) is 9.16. The summed E-state index contributed by atoms with van der Waals surface area (Å²) in [6.07, 6.45) is 9.48. The van der Waals surface area contributed by atoms with Crippen LogP contribution in [0.3, 0.4) is 0 Å². The highest BCUT2D eigenvalue weighted by Crippen LogP contribution is 2.38. The first-order chi connectivity index (χ1) is 6.33. The number of hydrogen-bond acceptors (Lipinski definition) is 1. The van der Waals surface area contributed by atoms with Crippen molar-refractivity contribution in [3.63, 3.8) is 0 Å². The van der Waals surface area contributed by atoms with Crippen molar-refractivity contribution in [2.75, 3.05) is 5.75 Å². The van der Waals surface area contributed by atoms with Gasteiger partial charge in [-0.15, -0.1) is 11.8 Å². The smallest absolute Gasteiger partial charge is 0.0509 e. The molecule has 1 heterocycles. The van der Waals surface area contributed by atoms with Crippen molar-refractivity contribution < 1.29 is 0 Å². The summed E-state index contributed by atoms with van der Waals surface area (Å²) < 4.78 is 0. The predicted octanol–water partition coefficient (Wildman–Crippen LogP) is 3.71. The average Bonchev–Trinajstić information content (AvgIpc) is 2.58. The van der Waals surface area contributed by atoms with Crippen molar-refractivity contribution in [2.45, 2.75) is 31.9 Å². The van der Waals surface area contributed by atoms with Crippen LogP contribution < -0.4 is 0 Å². The van der Waals surface area contributed by atoms with E-state index in [-0.39, 0.29) is 0 Å². The lowest BCUT2D eigenvalue weighted by molar-refractivity contribution is 0.898. The molecule has 0 radical (unpaired) electrons. The second kappa shape index (κ2) is 3.75. The Bertz CT molecular complexity index is 294. The quantitative estimate of drug-likeness (QED) is 0.642. The molecule has 0 nitrogen and oxygen atoms in total. The van der Waals surface area contributed by atoms with Gasteiger partial charge in [-0.1, -0.05) is 37.1 Å². The summed E-state index contributed by atoms with van der Waals surface area (Å²) in [4.78, 5) is 0. The highest BCUT2D eigenvalue weighted by atomic mass is 32.2. The van der Waals surface area contributed by atoms with Gasteiger partial charge in [-0.25, -0.2) is 0 Å². The predicted molar refractivity (Wildman–Crippen MR) is 61.1 cm³/mol. The highest BCUT2D eigenvalue weighted by Gasteiger charge is 2.23. The van der Waals surface area contributed by atoms with Crippen LogP contribution in [0.4, 0.5) is 0 Å². The largest absolute Gasteiger partial charge is 0.145 e. The van der Waals surface area contributed by atoms with Crippen LogP contribution in [0.15, 0.2) is 34.9 Å². The van der Waals surface area contributed by atoms with Crippen LogP contribution in [0.2, 0.25) is 0 Å². The van der Waals surface area contributed by atoms with Gasteiger partial charge in [0.05, 0.1) is 5.25 Å². The summed E-state index contributed by atoms with van der Waals surface area (Å²) in [5, 5.41) is 0.687. The van der Waals surface area contributed by atoms with Crippen LogP contribution in [-0.4, -0.2) is 11.0 Å². The standard InChI is InChI=1S/C12H16S/c1-3-4-10-5-6-11-7-8-13-12(11)9(10)2/h5-7,12H,3-4,8H2,1-2H3. The molecule has 0 saturated carbocycles. The number of hydrogen-bond donors (Lipinski definition) is 0. The Kier molecular flexibility index (Phi) is 2.63. The molecule has 2 rings (SSSR count). The molecule has 0 fully saturated rings. The minimum absolute atomic E-state index is 0.687. The van der Waals surface area contributed by atoms with Gasteiger partial charge in [0.2, 0.25) is 0 Å². The van der Waals surface area contributed by atoms with E-state index in [2.05, 4.69) is 43.8 Å². The van der Waals surface area contributed by atoms with Gasteiger partial charge in [-0.3, -0.25) is 0 Å². The Morgan fingerprint density at radius 2 is 2.31 bits per heavy atom. The second-order valence-electron chi connectivity index (χ2n) is 3.71. The van der Waals surface area contributed by atoms with E-state index in [1.165, 1.54) is 24.2 Å². The Morgan fingerprint density at radius 1 is 1.46 bits per heavy atom. The van der Waals surface area contributed by atoms with Crippen molar-refractivity contribution in [1.82, 2.24) is 0 Å². The third kappa shape index (κ3) is 1.62. The van der Waals surface area contributed by atoms with E-state index in [4.69, 9.17) is 0 Å². The Hall–Kier alpha value is -0.430. The lowest BCUT2D eigenvalue weighted by Gasteiger charge is -2.20. The van der Waals surface area contributed by atoms with Crippen molar-refractivity contribution in [3.8, 4) is 0 Å². The Morgan fingerprint density at radius 3 is 3.08 bits per heavy atom. The van der Waals surface area contributed by atoms with E-state index in [1.54, 1.807) is 11.1 Å². The molecule has 2 aliphatic rings. The van der Waals surface area contributed by atoms with Gasteiger partial charge < -0.3 is 0 Å². The van der Waals surface area contributed by atoms with E-state index >= 15 is 0 Å². The summed E-state index contributed by atoms with van der Waals surface area (Å²) in [5.74, 6) is 1.20. The average molecular weight is 192 g/mol. The van der Waals surface area contributed by atoms with E-state index in [9.17, 15) is 0 Å². The molecule has 70 valence electrons. The molecule has 0 amide bonds. The molecule has 0 aromatic carbocycles. The number of fused-ring (bicyclic) bond motifs is 1. The van der Waals surface area contributed by atoms with E-state index in [1.807, 2.05) is 0 Å². The summed E-state index contributed by atoms with van der Waals surface area (Å²) in [5.41, 5.74) is 4.69. The maximum atomic E-state index is 2.36. The normalized spacial score (nSPS) is 26.3. The molecule has 0 N–H and O–H groups in total. The van der Waals surface area contributed by atoms with Gasteiger partial charge in [-0.05, 0) is 24.5 Å². The second-order valence-corrected chi connectivity index (χ2v) is 4.85.